The Morgan fingerprint density at radius 1 is 0.976 bits per heavy atom. The molecular formula is C36H45N3O3. The lowest BCUT2D eigenvalue weighted by Gasteiger charge is -2.37. The zero-order chi connectivity index (χ0) is 29.6. The van der Waals surface area contributed by atoms with Crippen LogP contribution in [0.25, 0.3) is 0 Å². The van der Waals surface area contributed by atoms with Crippen molar-refractivity contribution >= 4 is 11.8 Å². The molecule has 0 aromatic heterocycles. The number of ether oxygens (including phenoxy) is 1. The van der Waals surface area contributed by atoms with Gasteiger partial charge >= 0.3 is 0 Å². The molecule has 1 aliphatic heterocycles. The molecule has 1 N–H and O–H groups in total. The third kappa shape index (κ3) is 6.70. The van der Waals surface area contributed by atoms with E-state index >= 15 is 0 Å². The zero-order valence-electron chi connectivity index (χ0n) is 25.6. The Morgan fingerprint density at radius 3 is 2.52 bits per heavy atom. The van der Waals surface area contributed by atoms with E-state index in [1.54, 1.807) is 4.90 Å². The molecule has 0 fully saturated rings. The molecule has 3 aromatic rings. The highest BCUT2D eigenvalue weighted by Crippen LogP contribution is 2.33. The fourth-order valence-electron chi connectivity index (χ4n) is 6.28. The summed E-state index contributed by atoms with van der Waals surface area (Å²) in [4.78, 5) is 32.1. The molecular weight excluding hydrogens is 522 g/mol. The molecule has 3 aromatic carbocycles. The first-order valence-electron chi connectivity index (χ1n) is 15.6. The third-order valence-electron chi connectivity index (χ3n) is 8.93. The van der Waals surface area contributed by atoms with Crippen LogP contribution in [0.3, 0.4) is 0 Å². The maximum absolute atomic E-state index is 14.0. The summed E-state index contributed by atoms with van der Waals surface area (Å²) in [7, 11) is 0. The minimum atomic E-state index is -0.585. The van der Waals surface area contributed by atoms with Gasteiger partial charge in [-0.05, 0) is 84.3 Å². The standard InChI is InChI=1S/C36H45N3O3/c1-5-38(6-2)19-20-42-31-15-9-14-29(21-31)36(41)39-24-30-12-8-7-11-28(30)23-34(39)35(40)37-33-16-10-13-26-17-18-27(25(3)4)22-32(26)33/h7-9,11-12,14-15,17-18,21-22,25,33-34H,5-6,10,13,16,19-20,23-24H2,1-4H3,(H,37,40). The van der Waals surface area contributed by atoms with Crippen molar-refractivity contribution in [2.24, 2.45) is 0 Å². The topological polar surface area (TPSA) is 61.9 Å². The van der Waals surface area contributed by atoms with E-state index in [1.807, 2.05) is 36.4 Å². The van der Waals surface area contributed by atoms with E-state index in [9.17, 15) is 9.59 Å². The fourth-order valence-corrected chi connectivity index (χ4v) is 6.28. The van der Waals surface area contributed by atoms with Gasteiger partial charge in [-0.3, -0.25) is 9.59 Å². The van der Waals surface area contributed by atoms with Crippen LogP contribution in [0.4, 0.5) is 0 Å². The van der Waals surface area contributed by atoms with E-state index in [4.69, 9.17) is 4.74 Å². The summed E-state index contributed by atoms with van der Waals surface area (Å²) >= 11 is 0. The molecule has 5 rings (SSSR count). The van der Waals surface area contributed by atoms with E-state index in [1.165, 1.54) is 16.7 Å². The average molecular weight is 568 g/mol. The number of fused-ring (bicyclic) bond motifs is 2. The number of likely N-dealkylation sites (N-methyl/N-ethyl adjacent to an activating group) is 1. The van der Waals surface area contributed by atoms with Crippen LogP contribution in [0, 0.1) is 0 Å². The first kappa shape index (κ1) is 29.8. The van der Waals surface area contributed by atoms with Gasteiger partial charge in [-0.15, -0.1) is 0 Å². The quantitative estimate of drug-likeness (QED) is 0.313. The Labute approximate surface area is 251 Å². The van der Waals surface area contributed by atoms with Crippen LogP contribution >= 0.6 is 0 Å². The molecule has 2 amide bonds. The number of hydrogen-bond acceptors (Lipinski definition) is 4. The van der Waals surface area contributed by atoms with Crippen molar-refractivity contribution in [2.75, 3.05) is 26.2 Å². The van der Waals surface area contributed by atoms with Crippen LogP contribution in [0.2, 0.25) is 0 Å². The van der Waals surface area contributed by atoms with Gasteiger partial charge in [0, 0.05) is 25.1 Å². The number of carbonyl (C=O) groups is 2. The van der Waals surface area contributed by atoms with Crippen LogP contribution in [-0.2, 0) is 24.2 Å². The predicted molar refractivity (Wildman–Crippen MR) is 168 cm³/mol. The molecule has 1 heterocycles. The zero-order valence-corrected chi connectivity index (χ0v) is 25.6. The van der Waals surface area contributed by atoms with E-state index in [2.05, 4.69) is 68.2 Å². The molecule has 6 nitrogen and oxygen atoms in total. The number of rotatable bonds is 10. The van der Waals surface area contributed by atoms with Crippen molar-refractivity contribution < 1.29 is 14.3 Å². The van der Waals surface area contributed by atoms with E-state index in [-0.39, 0.29) is 17.9 Å². The first-order chi connectivity index (χ1) is 20.4. The minimum Gasteiger partial charge on any atom is -0.492 e. The highest BCUT2D eigenvalue weighted by atomic mass is 16.5. The lowest BCUT2D eigenvalue weighted by molar-refractivity contribution is -0.127. The van der Waals surface area contributed by atoms with Gasteiger partial charge in [0.05, 0.1) is 6.04 Å². The van der Waals surface area contributed by atoms with Gasteiger partial charge in [-0.25, -0.2) is 0 Å². The molecule has 0 saturated heterocycles. The normalized spacial score (nSPS) is 18.0. The van der Waals surface area contributed by atoms with Gasteiger partial charge in [-0.2, -0.15) is 0 Å². The maximum Gasteiger partial charge on any atom is 0.254 e. The molecule has 2 atom stereocenters. The fraction of sp³-hybridized carbons (Fsp3) is 0.444. The van der Waals surface area contributed by atoms with Crippen molar-refractivity contribution in [2.45, 2.75) is 77.9 Å². The molecule has 6 heteroatoms. The largest absolute Gasteiger partial charge is 0.492 e. The molecule has 222 valence electrons. The molecule has 2 aliphatic rings. The van der Waals surface area contributed by atoms with Gasteiger partial charge in [0.15, 0.2) is 0 Å². The lowest BCUT2D eigenvalue weighted by atomic mass is 9.84. The molecule has 0 spiro atoms. The Morgan fingerprint density at radius 2 is 1.76 bits per heavy atom. The van der Waals surface area contributed by atoms with Crippen molar-refractivity contribution in [1.82, 2.24) is 15.1 Å². The van der Waals surface area contributed by atoms with Crippen molar-refractivity contribution in [3.05, 3.63) is 100 Å². The molecule has 2 unspecified atom stereocenters. The minimum absolute atomic E-state index is 0.0448. The molecule has 0 saturated carbocycles. The Hall–Kier alpha value is -3.64. The summed E-state index contributed by atoms with van der Waals surface area (Å²) in [5.74, 6) is 0.863. The Bertz CT molecular complexity index is 1400. The van der Waals surface area contributed by atoms with Gasteiger partial charge < -0.3 is 19.9 Å². The van der Waals surface area contributed by atoms with Crippen molar-refractivity contribution in [3.8, 4) is 5.75 Å². The summed E-state index contributed by atoms with van der Waals surface area (Å²) in [6, 6.07) is 21.6. The number of benzene rings is 3. The third-order valence-corrected chi connectivity index (χ3v) is 8.93. The van der Waals surface area contributed by atoms with E-state index in [0.29, 0.717) is 36.8 Å². The van der Waals surface area contributed by atoms with E-state index in [0.717, 1.165) is 50.0 Å². The highest BCUT2D eigenvalue weighted by Gasteiger charge is 2.36. The van der Waals surface area contributed by atoms with Crippen LogP contribution in [0.5, 0.6) is 5.75 Å². The number of nitrogens with zero attached hydrogens (tertiary/aromatic N) is 2. The van der Waals surface area contributed by atoms with Crippen LogP contribution < -0.4 is 10.1 Å². The first-order valence-corrected chi connectivity index (χ1v) is 15.6. The maximum atomic E-state index is 14.0. The summed E-state index contributed by atoms with van der Waals surface area (Å²) in [6.45, 7) is 12.4. The van der Waals surface area contributed by atoms with Gasteiger partial charge in [0.2, 0.25) is 5.91 Å². The smallest absolute Gasteiger partial charge is 0.254 e. The van der Waals surface area contributed by atoms with Crippen molar-refractivity contribution in [3.63, 3.8) is 0 Å². The summed E-state index contributed by atoms with van der Waals surface area (Å²) < 4.78 is 6.02. The summed E-state index contributed by atoms with van der Waals surface area (Å²) in [5.41, 5.74) is 6.59. The number of nitrogens with one attached hydrogen (secondary N) is 1. The number of carbonyl (C=O) groups excluding carboxylic acids is 2. The average Bonchev–Trinajstić information content (AvgIpc) is 3.02. The molecule has 42 heavy (non-hydrogen) atoms. The van der Waals surface area contributed by atoms with Gasteiger partial charge in [0.1, 0.15) is 18.4 Å². The summed E-state index contributed by atoms with van der Waals surface area (Å²) in [5, 5.41) is 3.38. The Balaban J connectivity index is 1.37. The van der Waals surface area contributed by atoms with Crippen molar-refractivity contribution in [1.29, 1.82) is 0 Å². The second-order valence-corrected chi connectivity index (χ2v) is 11.9. The van der Waals surface area contributed by atoms with Gasteiger partial charge in [-0.1, -0.05) is 76.2 Å². The monoisotopic (exact) mass is 567 g/mol. The van der Waals surface area contributed by atoms with Crippen LogP contribution in [-0.4, -0.2) is 53.9 Å². The number of aryl methyl sites for hydroxylation is 1. The molecule has 0 bridgehead atoms. The number of amides is 2. The van der Waals surface area contributed by atoms with Crippen LogP contribution in [0.1, 0.15) is 90.7 Å². The van der Waals surface area contributed by atoms with Crippen LogP contribution in [0.15, 0.2) is 66.7 Å². The molecule has 1 aliphatic carbocycles. The second-order valence-electron chi connectivity index (χ2n) is 11.9. The summed E-state index contributed by atoms with van der Waals surface area (Å²) in [6.07, 6.45) is 3.48. The number of hydrogen-bond donors (Lipinski definition) is 1. The molecule has 0 radical (unpaired) electrons. The SMILES string of the molecule is CCN(CC)CCOc1cccc(C(=O)N2Cc3ccccc3CC2C(=O)NC2CCCc3ccc(C(C)C)cc32)c1. The second kappa shape index (κ2) is 13.6. The lowest BCUT2D eigenvalue weighted by Crippen LogP contribution is -2.53. The van der Waals surface area contributed by atoms with Gasteiger partial charge in [0.25, 0.3) is 5.91 Å². The predicted octanol–water partition coefficient (Wildman–Crippen LogP) is 6.29. The van der Waals surface area contributed by atoms with E-state index < -0.39 is 6.04 Å². The highest BCUT2D eigenvalue weighted by molar-refractivity contribution is 5.98. The Kier molecular flexibility index (Phi) is 9.63.